The first-order valence-electron chi connectivity index (χ1n) is 10.2. The molecule has 0 saturated heterocycles. The summed E-state index contributed by atoms with van der Waals surface area (Å²) < 4.78 is 10.8. The summed E-state index contributed by atoms with van der Waals surface area (Å²) in [5.41, 5.74) is 2.57. The molecule has 162 valence electrons. The third kappa shape index (κ3) is 7.29. The summed E-state index contributed by atoms with van der Waals surface area (Å²) in [4.78, 5) is 24.7. The van der Waals surface area contributed by atoms with Crippen molar-refractivity contribution in [2.45, 2.75) is 6.10 Å². The van der Waals surface area contributed by atoms with Crippen LogP contribution in [0.2, 0.25) is 0 Å². The topological polar surface area (TPSA) is 64.6 Å². The van der Waals surface area contributed by atoms with Gasteiger partial charge in [0.25, 0.3) is 0 Å². The molecule has 3 aromatic rings. The van der Waals surface area contributed by atoms with Crippen molar-refractivity contribution in [3.8, 4) is 5.75 Å². The lowest BCUT2D eigenvalue weighted by Gasteiger charge is -2.18. The fourth-order valence-corrected chi connectivity index (χ4v) is 2.94. The van der Waals surface area contributed by atoms with E-state index in [9.17, 15) is 9.59 Å². The lowest BCUT2D eigenvalue weighted by atomic mass is 10.1. The zero-order chi connectivity index (χ0) is 22.6. The van der Waals surface area contributed by atoms with E-state index in [2.05, 4.69) is 5.32 Å². The van der Waals surface area contributed by atoms with Gasteiger partial charge in [-0.2, -0.15) is 0 Å². The second kappa shape index (κ2) is 11.9. The van der Waals surface area contributed by atoms with Crippen LogP contribution in [-0.2, 0) is 14.3 Å². The number of carbonyl (C=O) groups excluding carboxylic acids is 2. The van der Waals surface area contributed by atoms with Crippen LogP contribution in [0.4, 0.5) is 0 Å². The number of nitrogens with one attached hydrogen (secondary N) is 1. The Labute approximate surface area is 188 Å². The van der Waals surface area contributed by atoms with E-state index in [1.807, 2.05) is 72.8 Å². The van der Waals surface area contributed by atoms with Crippen LogP contribution in [0.1, 0.15) is 22.8 Å². The molecule has 3 aromatic carbocycles. The number of carbonyl (C=O) groups is 2. The van der Waals surface area contributed by atoms with Crippen LogP contribution < -0.4 is 10.1 Å². The molecule has 1 atom stereocenters. The van der Waals surface area contributed by atoms with Crippen molar-refractivity contribution in [1.29, 1.82) is 0 Å². The summed E-state index contributed by atoms with van der Waals surface area (Å²) in [6.07, 6.45) is 5.60. The Kier molecular flexibility index (Phi) is 8.40. The Bertz CT molecular complexity index is 1060. The Hall–Kier alpha value is -4.12. The average Bonchev–Trinajstić information content (AvgIpc) is 2.85. The van der Waals surface area contributed by atoms with Gasteiger partial charge in [-0.15, -0.1) is 0 Å². The van der Waals surface area contributed by atoms with E-state index in [1.165, 1.54) is 12.2 Å². The zero-order valence-corrected chi connectivity index (χ0v) is 17.8. The first-order valence-corrected chi connectivity index (χ1v) is 10.2. The van der Waals surface area contributed by atoms with Gasteiger partial charge >= 0.3 is 5.97 Å². The molecule has 5 nitrogen and oxygen atoms in total. The maximum Gasteiger partial charge on any atom is 0.331 e. The lowest BCUT2D eigenvalue weighted by molar-refractivity contribution is -0.143. The minimum absolute atomic E-state index is 0.134. The van der Waals surface area contributed by atoms with E-state index in [-0.39, 0.29) is 12.5 Å². The third-order valence-corrected chi connectivity index (χ3v) is 4.65. The van der Waals surface area contributed by atoms with Gasteiger partial charge in [0.2, 0.25) is 5.91 Å². The van der Waals surface area contributed by atoms with Crippen LogP contribution in [0, 0.1) is 0 Å². The molecule has 0 heterocycles. The molecule has 0 spiro atoms. The molecule has 1 N–H and O–H groups in total. The van der Waals surface area contributed by atoms with Gasteiger partial charge in [0, 0.05) is 12.2 Å². The maximum atomic E-state index is 12.4. The van der Waals surface area contributed by atoms with Gasteiger partial charge in [-0.1, -0.05) is 72.8 Å². The Morgan fingerprint density at radius 1 is 0.812 bits per heavy atom. The number of amides is 1. The quantitative estimate of drug-likeness (QED) is 0.393. The molecule has 0 aliphatic carbocycles. The molecule has 0 radical (unpaired) electrons. The number of ether oxygens (including phenoxy) is 2. The first-order chi connectivity index (χ1) is 15.6. The zero-order valence-electron chi connectivity index (χ0n) is 17.8. The summed E-state index contributed by atoms with van der Waals surface area (Å²) >= 11 is 0. The van der Waals surface area contributed by atoms with Crippen molar-refractivity contribution in [1.82, 2.24) is 5.32 Å². The molecular weight excluding hydrogens is 402 g/mol. The smallest absolute Gasteiger partial charge is 0.331 e. The van der Waals surface area contributed by atoms with E-state index >= 15 is 0 Å². The van der Waals surface area contributed by atoms with E-state index in [0.717, 1.165) is 16.7 Å². The molecule has 0 aromatic heterocycles. The van der Waals surface area contributed by atoms with Gasteiger partial charge in [0.1, 0.15) is 11.9 Å². The van der Waals surface area contributed by atoms with Crippen molar-refractivity contribution in [2.75, 3.05) is 13.7 Å². The van der Waals surface area contributed by atoms with Crippen molar-refractivity contribution < 1.29 is 19.1 Å². The van der Waals surface area contributed by atoms with Crippen molar-refractivity contribution in [3.05, 3.63) is 114 Å². The highest BCUT2D eigenvalue weighted by atomic mass is 16.5. The van der Waals surface area contributed by atoms with Crippen molar-refractivity contribution >= 4 is 24.0 Å². The summed E-state index contributed by atoms with van der Waals surface area (Å²) in [6.45, 7) is 0.134. The molecule has 0 fully saturated rings. The van der Waals surface area contributed by atoms with Crippen LogP contribution in [0.5, 0.6) is 5.75 Å². The predicted octanol–water partition coefficient (Wildman–Crippen LogP) is 4.82. The van der Waals surface area contributed by atoms with Gasteiger partial charge in [-0.05, 0) is 41.0 Å². The number of hydrogen-bond acceptors (Lipinski definition) is 4. The second-order valence-corrected chi connectivity index (χ2v) is 6.93. The molecule has 32 heavy (non-hydrogen) atoms. The number of hydrogen-bond donors (Lipinski definition) is 1. The van der Waals surface area contributed by atoms with Crippen LogP contribution in [0.25, 0.3) is 12.2 Å². The summed E-state index contributed by atoms with van der Waals surface area (Å²) in [6, 6.07) is 26.2. The molecule has 0 unspecified atom stereocenters. The second-order valence-electron chi connectivity index (χ2n) is 6.93. The van der Waals surface area contributed by atoms with Crippen LogP contribution in [0.15, 0.2) is 97.1 Å². The number of esters is 1. The van der Waals surface area contributed by atoms with Gasteiger partial charge in [-0.3, -0.25) is 4.79 Å². The molecule has 5 heteroatoms. The van der Waals surface area contributed by atoms with Crippen molar-refractivity contribution in [2.24, 2.45) is 0 Å². The monoisotopic (exact) mass is 427 g/mol. The molecule has 0 saturated carbocycles. The summed E-state index contributed by atoms with van der Waals surface area (Å²) in [7, 11) is 1.58. The standard InChI is InChI=1S/C27H25NO4/c1-31-24-16-14-23(15-17-24)25(32-27(30)19-13-22-10-6-3-7-11-22)20-28-26(29)18-12-21-8-4-2-5-9-21/h2-19,25H,20H2,1H3,(H,28,29)/b18-12+,19-13+/t25-/m1/s1. The van der Waals surface area contributed by atoms with Gasteiger partial charge in [0.05, 0.1) is 13.7 Å². The third-order valence-electron chi connectivity index (χ3n) is 4.65. The minimum atomic E-state index is -0.650. The molecule has 1 amide bonds. The Morgan fingerprint density at radius 3 is 1.94 bits per heavy atom. The highest BCUT2D eigenvalue weighted by Crippen LogP contribution is 2.21. The highest BCUT2D eigenvalue weighted by Gasteiger charge is 2.16. The van der Waals surface area contributed by atoms with Gasteiger partial charge in [0.15, 0.2) is 0 Å². The Balaban J connectivity index is 1.66. The fraction of sp³-hybridized carbons (Fsp3) is 0.111. The van der Waals surface area contributed by atoms with Crippen LogP contribution >= 0.6 is 0 Å². The SMILES string of the molecule is COc1ccc([C@@H](CNC(=O)/C=C/c2ccccc2)OC(=O)/C=C/c2ccccc2)cc1. The number of rotatable bonds is 9. The van der Waals surface area contributed by atoms with Gasteiger partial charge in [-0.25, -0.2) is 4.79 Å². The van der Waals surface area contributed by atoms with E-state index < -0.39 is 12.1 Å². The summed E-state index contributed by atoms with van der Waals surface area (Å²) in [5, 5.41) is 2.80. The first kappa shape index (κ1) is 22.6. The van der Waals surface area contributed by atoms with E-state index in [0.29, 0.717) is 5.75 Å². The molecule has 0 aliphatic rings. The molecule has 0 aliphatic heterocycles. The van der Waals surface area contributed by atoms with Gasteiger partial charge < -0.3 is 14.8 Å². The summed E-state index contributed by atoms with van der Waals surface area (Å²) in [5.74, 6) is -0.0791. The molecule has 0 bridgehead atoms. The number of methoxy groups -OCH3 is 1. The largest absolute Gasteiger partial charge is 0.497 e. The van der Waals surface area contributed by atoms with Crippen LogP contribution in [0.3, 0.4) is 0 Å². The maximum absolute atomic E-state index is 12.4. The van der Waals surface area contributed by atoms with Crippen LogP contribution in [-0.4, -0.2) is 25.5 Å². The fourth-order valence-electron chi connectivity index (χ4n) is 2.94. The molecule has 3 rings (SSSR count). The Morgan fingerprint density at radius 2 is 1.38 bits per heavy atom. The number of benzene rings is 3. The lowest BCUT2D eigenvalue weighted by Crippen LogP contribution is -2.29. The van der Waals surface area contributed by atoms with Crippen molar-refractivity contribution in [3.63, 3.8) is 0 Å². The van der Waals surface area contributed by atoms with E-state index in [4.69, 9.17) is 9.47 Å². The highest BCUT2D eigenvalue weighted by molar-refractivity contribution is 5.91. The normalized spacial score (nSPS) is 11.9. The minimum Gasteiger partial charge on any atom is -0.497 e. The van der Waals surface area contributed by atoms with E-state index in [1.54, 1.807) is 31.4 Å². The predicted molar refractivity (Wildman–Crippen MR) is 126 cm³/mol. The average molecular weight is 428 g/mol. The molecular formula is C27H25NO4.